The second-order valence-corrected chi connectivity index (χ2v) is 4.67. The average Bonchev–Trinajstić information content (AvgIpc) is 2.54. The molecule has 0 spiro atoms. The Hall–Kier alpha value is -0.420. The van der Waals surface area contributed by atoms with E-state index in [0.29, 0.717) is 18.0 Å². The van der Waals surface area contributed by atoms with Crippen molar-refractivity contribution in [2.75, 3.05) is 25.3 Å². The molecule has 2 saturated heterocycles. The molecule has 0 unspecified atom stereocenters. The van der Waals surface area contributed by atoms with Crippen molar-refractivity contribution in [3.05, 3.63) is 0 Å². The van der Waals surface area contributed by atoms with Crippen LogP contribution in [0.25, 0.3) is 0 Å². The summed E-state index contributed by atoms with van der Waals surface area (Å²) >= 11 is 1.53. The molecule has 0 aromatic heterocycles. The molecule has 2 rings (SSSR count). The molecule has 5 heteroatoms. The second kappa shape index (κ2) is 4.40. The molecule has 2 fully saturated rings. The monoisotopic (exact) mass is 216 g/mol. The molecule has 14 heavy (non-hydrogen) atoms. The number of ether oxygens (including phenoxy) is 1. The zero-order valence-electron chi connectivity index (χ0n) is 8.36. The van der Waals surface area contributed by atoms with Gasteiger partial charge in [0.05, 0.1) is 0 Å². The van der Waals surface area contributed by atoms with Crippen LogP contribution in [0.4, 0.5) is 4.79 Å². The molecule has 0 radical (unpaired) electrons. The van der Waals surface area contributed by atoms with E-state index in [-0.39, 0.29) is 6.09 Å². The number of amides is 1. The molecular formula is C9H16N2O2S. The summed E-state index contributed by atoms with van der Waals surface area (Å²) in [4.78, 5) is 13.4. The molecule has 1 N–H and O–H groups in total. The highest BCUT2D eigenvalue weighted by Gasteiger charge is 2.34. The van der Waals surface area contributed by atoms with Gasteiger partial charge in [0, 0.05) is 25.2 Å². The molecule has 80 valence electrons. The Morgan fingerprint density at radius 1 is 1.50 bits per heavy atom. The van der Waals surface area contributed by atoms with Gasteiger partial charge < -0.3 is 15.0 Å². The van der Waals surface area contributed by atoms with Gasteiger partial charge in [-0.2, -0.15) is 0 Å². The van der Waals surface area contributed by atoms with Gasteiger partial charge in [-0.3, -0.25) is 0 Å². The first-order valence-electron chi connectivity index (χ1n) is 4.96. The van der Waals surface area contributed by atoms with E-state index in [1.54, 1.807) is 0 Å². The minimum Gasteiger partial charge on any atom is -0.438 e. The van der Waals surface area contributed by atoms with Crippen LogP contribution in [-0.2, 0) is 4.74 Å². The molecule has 2 atom stereocenters. The van der Waals surface area contributed by atoms with Gasteiger partial charge in [-0.25, -0.2) is 4.79 Å². The molecule has 0 aromatic rings. The third-order valence-corrected chi connectivity index (χ3v) is 3.13. The second-order valence-electron chi connectivity index (χ2n) is 3.86. The molecule has 1 amide bonds. The summed E-state index contributed by atoms with van der Waals surface area (Å²) in [5.41, 5.74) is 0. The maximum absolute atomic E-state index is 11.5. The minimum absolute atomic E-state index is 0.155. The van der Waals surface area contributed by atoms with E-state index in [1.165, 1.54) is 24.6 Å². The maximum Gasteiger partial charge on any atom is 0.410 e. The lowest BCUT2D eigenvalue weighted by molar-refractivity contribution is 0.104. The third-order valence-electron chi connectivity index (χ3n) is 2.77. The molecule has 2 aliphatic heterocycles. The fourth-order valence-electron chi connectivity index (χ4n) is 2.15. The van der Waals surface area contributed by atoms with E-state index in [1.807, 2.05) is 11.2 Å². The highest BCUT2D eigenvalue weighted by Crippen LogP contribution is 2.20. The largest absolute Gasteiger partial charge is 0.438 e. The van der Waals surface area contributed by atoms with E-state index in [0.717, 1.165) is 13.1 Å². The predicted molar refractivity (Wildman–Crippen MR) is 56.4 cm³/mol. The molecule has 0 saturated carbocycles. The Bertz CT molecular complexity index is 213. The van der Waals surface area contributed by atoms with Crippen LogP contribution in [0.1, 0.15) is 12.8 Å². The fraction of sp³-hybridized carbons (Fsp3) is 0.889. The van der Waals surface area contributed by atoms with Gasteiger partial charge in [-0.1, -0.05) is 0 Å². The van der Waals surface area contributed by atoms with Gasteiger partial charge in [0.2, 0.25) is 0 Å². The van der Waals surface area contributed by atoms with Gasteiger partial charge in [-0.05, 0) is 19.1 Å². The van der Waals surface area contributed by atoms with E-state index in [9.17, 15) is 4.79 Å². The molecular weight excluding hydrogens is 200 g/mol. The van der Waals surface area contributed by atoms with Crippen LogP contribution in [0.2, 0.25) is 0 Å². The van der Waals surface area contributed by atoms with Crippen LogP contribution in [0.3, 0.4) is 0 Å². The number of fused-ring (bicyclic) bond motifs is 2. The number of rotatable bonds is 2. The number of hydrogen-bond donors (Lipinski definition) is 1. The van der Waals surface area contributed by atoms with Gasteiger partial charge >= 0.3 is 6.09 Å². The number of hydrogen-bond acceptors (Lipinski definition) is 4. The van der Waals surface area contributed by atoms with Crippen molar-refractivity contribution < 1.29 is 9.53 Å². The normalized spacial score (nSPS) is 30.5. The summed E-state index contributed by atoms with van der Waals surface area (Å²) < 4.78 is 5.08. The Balaban J connectivity index is 1.83. The van der Waals surface area contributed by atoms with Crippen molar-refractivity contribution in [1.29, 1.82) is 0 Å². The Labute approximate surface area is 88.4 Å². The van der Waals surface area contributed by atoms with Crippen LogP contribution in [0.15, 0.2) is 0 Å². The average molecular weight is 216 g/mol. The Morgan fingerprint density at radius 3 is 2.71 bits per heavy atom. The van der Waals surface area contributed by atoms with Crippen molar-refractivity contribution in [3.8, 4) is 0 Å². The summed E-state index contributed by atoms with van der Waals surface area (Å²) in [6, 6.07) is 0.992. The first-order chi connectivity index (χ1) is 6.79. The lowest BCUT2D eigenvalue weighted by Gasteiger charge is -2.31. The van der Waals surface area contributed by atoms with Crippen molar-refractivity contribution >= 4 is 17.9 Å². The number of likely N-dealkylation sites (tertiary alicyclic amines) is 1. The van der Waals surface area contributed by atoms with Crippen molar-refractivity contribution in [2.24, 2.45) is 0 Å². The summed E-state index contributed by atoms with van der Waals surface area (Å²) in [5, 5.41) is 3.48. The van der Waals surface area contributed by atoms with Crippen LogP contribution in [-0.4, -0.2) is 48.4 Å². The summed E-state index contributed by atoms with van der Waals surface area (Å²) in [7, 11) is 0. The van der Waals surface area contributed by atoms with Crippen molar-refractivity contribution in [3.63, 3.8) is 0 Å². The van der Waals surface area contributed by atoms with Crippen molar-refractivity contribution in [2.45, 2.75) is 24.9 Å². The zero-order chi connectivity index (χ0) is 9.97. The SMILES string of the molecule is CSCOC(=O)N1C[C@@H]2CC[C@@H](C1)N2. The van der Waals surface area contributed by atoms with Crippen molar-refractivity contribution in [1.82, 2.24) is 10.2 Å². The summed E-state index contributed by atoms with van der Waals surface area (Å²) in [5.74, 6) is 0.456. The molecule has 2 bridgehead atoms. The molecule has 4 nitrogen and oxygen atoms in total. The molecule has 0 aliphatic carbocycles. The number of carbonyl (C=O) groups excluding carboxylic acids is 1. The smallest absolute Gasteiger partial charge is 0.410 e. The highest BCUT2D eigenvalue weighted by molar-refractivity contribution is 7.98. The quantitative estimate of drug-likeness (QED) is 0.696. The van der Waals surface area contributed by atoms with E-state index >= 15 is 0 Å². The van der Waals surface area contributed by atoms with E-state index < -0.39 is 0 Å². The summed E-state index contributed by atoms with van der Waals surface area (Å²) in [6.45, 7) is 1.62. The number of piperazine rings is 1. The molecule has 2 heterocycles. The van der Waals surface area contributed by atoms with Gasteiger partial charge in [-0.15, -0.1) is 11.8 Å². The number of carbonyl (C=O) groups is 1. The Morgan fingerprint density at radius 2 is 2.14 bits per heavy atom. The van der Waals surface area contributed by atoms with Gasteiger partial charge in [0.1, 0.15) is 5.94 Å². The lowest BCUT2D eigenvalue weighted by Crippen LogP contribution is -2.53. The van der Waals surface area contributed by atoms with Crippen LogP contribution in [0, 0.1) is 0 Å². The molecule has 2 aliphatic rings. The molecule has 0 aromatic carbocycles. The Kier molecular flexibility index (Phi) is 3.18. The van der Waals surface area contributed by atoms with Crippen LogP contribution in [0.5, 0.6) is 0 Å². The first-order valence-corrected chi connectivity index (χ1v) is 6.35. The fourth-order valence-corrected chi connectivity index (χ4v) is 2.37. The lowest BCUT2D eigenvalue weighted by atomic mass is 10.2. The topological polar surface area (TPSA) is 41.6 Å². The zero-order valence-corrected chi connectivity index (χ0v) is 9.18. The summed E-state index contributed by atoms with van der Waals surface area (Å²) in [6.07, 6.45) is 4.15. The number of nitrogens with one attached hydrogen (secondary N) is 1. The standard InChI is InChI=1S/C9H16N2O2S/c1-14-6-13-9(12)11-4-7-2-3-8(5-11)10-7/h7-8,10H,2-6H2,1H3/t7-,8-/m0/s1. The van der Waals surface area contributed by atoms with Gasteiger partial charge in [0.15, 0.2) is 0 Å². The third kappa shape index (κ3) is 2.15. The van der Waals surface area contributed by atoms with E-state index in [2.05, 4.69) is 5.32 Å². The maximum atomic E-state index is 11.5. The van der Waals surface area contributed by atoms with E-state index in [4.69, 9.17) is 4.74 Å². The van der Waals surface area contributed by atoms with Gasteiger partial charge in [0.25, 0.3) is 0 Å². The van der Waals surface area contributed by atoms with Crippen LogP contribution >= 0.6 is 11.8 Å². The predicted octanol–water partition coefficient (Wildman–Crippen LogP) is 0.880. The highest BCUT2D eigenvalue weighted by atomic mass is 32.2. The number of nitrogens with zero attached hydrogens (tertiary/aromatic N) is 1. The van der Waals surface area contributed by atoms with Crippen LogP contribution < -0.4 is 5.32 Å². The first kappa shape index (κ1) is 10.1. The number of thioether (sulfide) groups is 1. The minimum atomic E-state index is -0.155.